The van der Waals surface area contributed by atoms with E-state index in [-0.39, 0.29) is 21.1 Å². The Balaban J connectivity index is 0.00000196. The minimum Gasteiger partial charge on any atom is -0.0625 e. The summed E-state index contributed by atoms with van der Waals surface area (Å²) in [5.74, 6) is 0. The van der Waals surface area contributed by atoms with Crippen LogP contribution in [0.5, 0.6) is 0 Å². The van der Waals surface area contributed by atoms with E-state index < -0.39 is 8.07 Å². The minimum atomic E-state index is -2.30. The first-order valence-electron chi connectivity index (χ1n) is 8.64. The van der Waals surface area contributed by atoms with Crippen LogP contribution in [0, 0.1) is 75.3 Å². The van der Waals surface area contributed by atoms with Crippen molar-refractivity contribution < 1.29 is 21.1 Å². The van der Waals surface area contributed by atoms with Gasteiger partial charge in [-0.25, -0.2) is 0 Å². The van der Waals surface area contributed by atoms with Gasteiger partial charge >= 0.3 is 21.1 Å². The molecule has 0 heterocycles. The molecule has 0 unspecified atom stereocenters. The van der Waals surface area contributed by atoms with Crippen LogP contribution in [-0.2, 0) is 21.1 Å². The maximum absolute atomic E-state index is 2.30. The van der Waals surface area contributed by atoms with Crippen LogP contribution in [0.2, 0.25) is 0 Å². The average molecular weight is 432 g/mol. The molecule has 0 saturated heterocycles. The zero-order valence-electron chi connectivity index (χ0n) is 14.5. The van der Waals surface area contributed by atoms with Gasteiger partial charge < -0.3 is 0 Å². The van der Waals surface area contributed by atoms with Crippen molar-refractivity contribution in [3.63, 3.8) is 0 Å². The van der Waals surface area contributed by atoms with Gasteiger partial charge in [-0.3, -0.25) is 0 Å². The van der Waals surface area contributed by atoms with Gasteiger partial charge in [0, 0.05) is 0 Å². The van der Waals surface area contributed by atoms with Crippen LogP contribution in [-0.4, -0.2) is 8.07 Å². The fourth-order valence-corrected chi connectivity index (χ4v) is 8.52. The number of hydrogen-bond acceptors (Lipinski definition) is 0. The van der Waals surface area contributed by atoms with Crippen molar-refractivity contribution in [3.8, 4) is 0 Å². The van der Waals surface area contributed by atoms with Crippen LogP contribution in [0.1, 0.15) is 0 Å². The van der Waals surface area contributed by atoms with Crippen molar-refractivity contribution in [1.82, 2.24) is 0 Å². The molecule has 0 nitrogen and oxygen atoms in total. The van der Waals surface area contributed by atoms with Crippen molar-refractivity contribution in [2.24, 2.45) is 0 Å². The Morgan fingerprint density at radius 1 is 0.423 bits per heavy atom. The summed E-state index contributed by atoms with van der Waals surface area (Å²) in [5, 5.41) is 2.83. The Labute approximate surface area is 175 Å². The molecule has 2 heteroatoms. The summed E-state index contributed by atoms with van der Waals surface area (Å²) in [7, 11) is -2.30. The van der Waals surface area contributed by atoms with E-state index in [1.165, 1.54) is 21.5 Å². The third-order valence-electron chi connectivity index (χ3n) is 4.83. The molecule has 0 N–H and O–H groups in total. The van der Waals surface area contributed by atoms with Gasteiger partial charge in [0.1, 0.15) is 8.07 Å². The van der Waals surface area contributed by atoms with Crippen LogP contribution < -0.4 is 10.4 Å². The molecular formula is C24H20MoSi+2. The van der Waals surface area contributed by atoms with E-state index in [9.17, 15) is 0 Å². The zero-order chi connectivity index (χ0) is 17.0. The second-order valence-corrected chi connectivity index (χ2v) is 10.0. The molecule has 2 aromatic rings. The van der Waals surface area contributed by atoms with Crippen molar-refractivity contribution in [2.45, 2.75) is 0 Å². The summed E-state index contributed by atoms with van der Waals surface area (Å²) in [5.41, 5.74) is 2.83. The van der Waals surface area contributed by atoms with E-state index in [0.717, 1.165) is 0 Å². The summed E-state index contributed by atoms with van der Waals surface area (Å²) in [4.78, 5) is 0. The van der Waals surface area contributed by atoms with Gasteiger partial charge in [-0.1, -0.05) is 71.0 Å². The molecule has 0 spiro atoms. The molecular weight excluding hydrogens is 412 g/mol. The first-order valence-corrected chi connectivity index (χ1v) is 10.6. The van der Waals surface area contributed by atoms with Crippen LogP contribution >= 0.6 is 0 Å². The van der Waals surface area contributed by atoms with Crippen molar-refractivity contribution >= 4 is 18.4 Å². The van der Waals surface area contributed by atoms with Gasteiger partial charge in [0.25, 0.3) is 0 Å². The summed E-state index contributed by atoms with van der Waals surface area (Å²) in [6, 6.07) is 22.0. The van der Waals surface area contributed by atoms with E-state index in [4.69, 9.17) is 0 Å². The zero-order valence-corrected chi connectivity index (χ0v) is 17.5. The van der Waals surface area contributed by atoms with Crippen LogP contribution in [0.3, 0.4) is 0 Å². The predicted molar refractivity (Wildman–Crippen MR) is 107 cm³/mol. The third kappa shape index (κ3) is 3.81. The maximum atomic E-state index is 2.29. The van der Waals surface area contributed by atoms with Gasteiger partial charge in [0.2, 0.25) is 0 Å². The van der Waals surface area contributed by atoms with Gasteiger partial charge in [-0.2, -0.15) is 0 Å². The fraction of sp³-hybridized carbons (Fsp3) is 0. The molecule has 2 saturated carbocycles. The normalized spacial score (nSPS) is 19.7. The monoisotopic (exact) mass is 434 g/mol. The number of benzene rings is 2. The van der Waals surface area contributed by atoms with Crippen molar-refractivity contribution in [3.05, 3.63) is 136 Å². The third-order valence-corrected chi connectivity index (χ3v) is 9.62. The first-order chi connectivity index (χ1) is 12.4. The largest absolute Gasteiger partial charge is 2.00 e. The molecule has 4 rings (SSSR count). The standard InChI is InChI=1S/C24H20Si.Mo/c1-5-13-21(14-6-1)25(22-15-7-2-8-16-22,23-17-9-3-10-18-23)24-19-11-4-12-20-24;/h1-20H;/q;+2. The van der Waals surface area contributed by atoms with E-state index in [2.05, 4.69) is 125 Å². The topological polar surface area (TPSA) is 0 Å². The van der Waals surface area contributed by atoms with Gasteiger partial charge in [0.15, 0.2) is 0 Å². The van der Waals surface area contributed by atoms with Crippen LogP contribution in [0.15, 0.2) is 60.7 Å². The quantitative estimate of drug-likeness (QED) is 0.649. The molecule has 0 atom stereocenters. The van der Waals surface area contributed by atoms with E-state index in [1.807, 2.05) is 0 Å². The van der Waals surface area contributed by atoms with Gasteiger partial charge in [-0.05, 0) is 75.3 Å². The minimum absolute atomic E-state index is 0. The Morgan fingerprint density at radius 3 is 1.12 bits per heavy atom. The molecule has 12 radical (unpaired) electrons. The summed E-state index contributed by atoms with van der Waals surface area (Å²) in [6.07, 6.45) is 22.0. The first kappa shape index (κ1) is 20.1. The fourth-order valence-electron chi connectivity index (χ4n) is 3.75. The molecule has 26 heavy (non-hydrogen) atoms. The van der Waals surface area contributed by atoms with Gasteiger partial charge in [-0.15, -0.1) is 0 Å². The smallest absolute Gasteiger partial charge is 0.0625 e. The Bertz CT molecular complexity index is 583. The summed E-state index contributed by atoms with van der Waals surface area (Å²) in [6.45, 7) is 0. The van der Waals surface area contributed by atoms with E-state index in [1.54, 1.807) is 0 Å². The second kappa shape index (κ2) is 9.51. The molecule has 0 aliphatic heterocycles. The summed E-state index contributed by atoms with van der Waals surface area (Å²) >= 11 is 0. The SMILES string of the molecule is [CH]1[CH][CH][C]([Si]([C]2[CH][CH][CH][CH][CH]2)(c2ccccc2)c2ccccc2)[CH][CH]1.[Mo+2]. The molecule has 2 aromatic carbocycles. The molecule has 2 fully saturated rings. The Morgan fingerprint density at radius 2 is 0.769 bits per heavy atom. The Hall–Kier alpha value is -0.655. The molecule has 124 valence electrons. The van der Waals surface area contributed by atoms with E-state index >= 15 is 0 Å². The molecule has 0 aromatic heterocycles. The average Bonchev–Trinajstić information content (AvgIpc) is 2.72. The molecule has 2 aliphatic carbocycles. The number of hydrogen-bond donors (Lipinski definition) is 0. The molecule has 0 amide bonds. The molecule has 2 aliphatic rings. The predicted octanol–water partition coefficient (Wildman–Crippen LogP) is 3.54. The summed E-state index contributed by atoms with van der Waals surface area (Å²) < 4.78 is 0. The van der Waals surface area contributed by atoms with Crippen molar-refractivity contribution in [2.75, 3.05) is 0 Å². The second-order valence-electron chi connectivity index (χ2n) is 6.21. The van der Waals surface area contributed by atoms with Gasteiger partial charge in [0.05, 0.1) is 0 Å². The molecule has 0 bridgehead atoms. The Kier molecular flexibility index (Phi) is 7.35. The van der Waals surface area contributed by atoms with Crippen molar-refractivity contribution in [1.29, 1.82) is 0 Å². The van der Waals surface area contributed by atoms with Crippen LogP contribution in [0.4, 0.5) is 0 Å². The van der Waals surface area contributed by atoms with Crippen LogP contribution in [0.25, 0.3) is 0 Å². The van der Waals surface area contributed by atoms with E-state index in [0.29, 0.717) is 0 Å². The maximum Gasteiger partial charge on any atom is 2.00 e. The number of rotatable bonds is 4.